The molecule has 0 aromatic heterocycles. The van der Waals surface area contributed by atoms with Gasteiger partial charge in [-0.05, 0) is 34.1 Å². The molecule has 0 aromatic rings. The second-order valence-corrected chi connectivity index (χ2v) is 8.40. The number of halogens is 1. The summed E-state index contributed by atoms with van der Waals surface area (Å²) in [6.07, 6.45) is 0.660. The van der Waals surface area contributed by atoms with Crippen LogP contribution in [0.2, 0.25) is 0 Å². The zero-order valence-electron chi connectivity index (χ0n) is 14.3. The van der Waals surface area contributed by atoms with Gasteiger partial charge in [0.15, 0.2) is 15.8 Å². The quantitative estimate of drug-likeness (QED) is 0.363. The van der Waals surface area contributed by atoms with E-state index in [1.165, 1.54) is 0 Å². The van der Waals surface area contributed by atoms with Crippen molar-refractivity contribution in [1.29, 1.82) is 0 Å². The number of hydrogen-bond donors (Lipinski definition) is 2. The van der Waals surface area contributed by atoms with Gasteiger partial charge >= 0.3 is 0 Å². The van der Waals surface area contributed by atoms with Crippen LogP contribution in [0.15, 0.2) is 4.99 Å². The van der Waals surface area contributed by atoms with Gasteiger partial charge < -0.3 is 10.6 Å². The van der Waals surface area contributed by atoms with Crippen LogP contribution in [0.1, 0.15) is 34.1 Å². The largest absolute Gasteiger partial charge is 0.355 e. The number of nitrogens with zero attached hydrogens (tertiary/aromatic N) is 2. The molecule has 1 aliphatic heterocycles. The minimum atomic E-state index is -2.86. The molecule has 1 rings (SSSR count). The number of rotatable bonds is 6. The average molecular weight is 446 g/mol. The Labute approximate surface area is 152 Å². The fourth-order valence-corrected chi connectivity index (χ4v) is 4.39. The van der Waals surface area contributed by atoms with E-state index in [0.717, 1.165) is 13.1 Å². The molecule has 8 heteroatoms. The van der Waals surface area contributed by atoms with Crippen LogP contribution >= 0.6 is 24.0 Å². The monoisotopic (exact) mass is 446 g/mol. The molecule has 0 saturated carbocycles. The molecule has 6 nitrogen and oxygen atoms in total. The van der Waals surface area contributed by atoms with Gasteiger partial charge in [0.1, 0.15) is 0 Å². The van der Waals surface area contributed by atoms with Crippen molar-refractivity contribution in [3.05, 3.63) is 0 Å². The molecule has 0 bridgehead atoms. The highest BCUT2D eigenvalue weighted by Gasteiger charge is 2.28. The van der Waals surface area contributed by atoms with E-state index in [4.69, 9.17) is 0 Å². The first-order valence-electron chi connectivity index (χ1n) is 7.68. The molecule has 1 atom stereocenters. The molecular weight excluding hydrogens is 415 g/mol. The van der Waals surface area contributed by atoms with E-state index < -0.39 is 9.84 Å². The first kappa shape index (κ1) is 21.9. The fraction of sp³-hybridized carbons (Fsp3) is 0.929. The molecule has 0 aliphatic carbocycles. The second-order valence-electron chi connectivity index (χ2n) is 6.17. The SMILES string of the molecule is CN=C(NCCN(C(C)C)C(C)C)NC1CCS(=O)(=O)C1.I. The fourth-order valence-electron chi connectivity index (χ4n) is 2.71. The van der Waals surface area contributed by atoms with Gasteiger partial charge in [0.2, 0.25) is 0 Å². The molecule has 0 amide bonds. The predicted octanol–water partition coefficient (Wildman–Crippen LogP) is 1.08. The molecule has 2 N–H and O–H groups in total. The third kappa shape index (κ3) is 7.45. The van der Waals surface area contributed by atoms with E-state index in [1.807, 2.05) is 0 Å². The van der Waals surface area contributed by atoms with Gasteiger partial charge in [-0.1, -0.05) is 0 Å². The first-order valence-corrected chi connectivity index (χ1v) is 9.50. The van der Waals surface area contributed by atoms with Crippen molar-refractivity contribution < 1.29 is 8.42 Å². The van der Waals surface area contributed by atoms with E-state index >= 15 is 0 Å². The second kappa shape index (κ2) is 9.92. The third-order valence-corrected chi connectivity index (χ3v) is 5.55. The van der Waals surface area contributed by atoms with Crippen LogP contribution in [0.3, 0.4) is 0 Å². The van der Waals surface area contributed by atoms with Gasteiger partial charge in [0.05, 0.1) is 11.5 Å². The van der Waals surface area contributed by atoms with Gasteiger partial charge in [-0.2, -0.15) is 0 Å². The highest BCUT2D eigenvalue weighted by molar-refractivity contribution is 14.0. The van der Waals surface area contributed by atoms with Crippen LogP contribution in [0.4, 0.5) is 0 Å². The molecule has 1 heterocycles. The lowest BCUT2D eigenvalue weighted by molar-refractivity contribution is 0.178. The Morgan fingerprint density at radius 1 is 1.27 bits per heavy atom. The lowest BCUT2D eigenvalue weighted by Crippen LogP contribution is -2.48. The molecule has 0 radical (unpaired) electrons. The van der Waals surface area contributed by atoms with E-state index in [0.29, 0.717) is 24.5 Å². The molecule has 132 valence electrons. The van der Waals surface area contributed by atoms with Crippen LogP contribution in [0, 0.1) is 0 Å². The van der Waals surface area contributed by atoms with Crippen molar-refractivity contribution in [2.45, 2.75) is 52.2 Å². The summed E-state index contributed by atoms with van der Waals surface area (Å²) in [5, 5.41) is 6.46. The van der Waals surface area contributed by atoms with Gasteiger partial charge in [0.25, 0.3) is 0 Å². The van der Waals surface area contributed by atoms with Crippen LogP contribution < -0.4 is 10.6 Å². The smallest absolute Gasteiger partial charge is 0.191 e. The summed E-state index contributed by atoms with van der Waals surface area (Å²) in [7, 11) is -1.15. The van der Waals surface area contributed by atoms with Gasteiger partial charge in [-0.25, -0.2) is 8.42 Å². The van der Waals surface area contributed by atoms with Crippen molar-refractivity contribution >= 4 is 39.8 Å². The van der Waals surface area contributed by atoms with Crippen molar-refractivity contribution in [2.24, 2.45) is 4.99 Å². The Bertz CT molecular complexity index is 444. The van der Waals surface area contributed by atoms with Gasteiger partial charge in [-0.15, -0.1) is 24.0 Å². The minimum Gasteiger partial charge on any atom is -0.355 e. The first-order chi connectivity index (χ1) is 9.75. The molecule has 22 heavy (non-hydrogen) atoms. The minimum absolute atomic E-state index is 0. The average Bonchev–Trinajstić information content (AvgIpc) is 2.71. The molecule has 1 unspecified atom stereocenters. The Hall–Kier alpha value is -0.0900. The molecule has 0 spiro atoms. The number of nitrogens with one attached hydrogen (secondary N) is 2. The van der Waals surface area contributed by atoms with Crippen LogP contribution in [-0.4, -0.2) is 69.0 Å². The van der Waals surface area contributed by atoms with E-state index in [-0.39, 0.29) is 41.5 Å². The summed E-state index contributed by atoms with van der Waals surface area (Å²) in [4.78, 5) is 6.57. The number of hydrogen-bond acceptors (Lipinski definition) is 4. The predicted molar refractivity (Wildman–Crippen MR) is 104 cm³/mol. The summed E-state index contributed by atoms with van der Waals surface area (Å²) in [5.41, 5.74) is 0. The Kier molecular flexibility index (Phi) is 9.88. The Morgan fingerprint density at radius 3 is 2.27 bits per heavy atom. The zero-order valence-corrected chi connectivity index (χ0v) is 17.4. The van der Waals surface area contributed by atoms with Crippen molar-refractivity contribution in [2.75, 3.05) is 31.6 Å². The summed E-state index contributed by atoms with van der Waals surface area (Å²) < 4.78 is 22.9. The van der Waals surface area contributed by atoms with E-state index in [2.05, 4.69) is 48.2 Å². The maximum absolute atomic E-state index is 11.5. The highest BCUT2D eigenvalue weighted by atomic mass is 127. The van der Waals surface area contributed by atoms with Crippen molar-refractivity contribution in [3.63, 3.8) is 0 Å². The molecule has 1 fully saturated rings. The van der Waals surface area contributed by atoms with Crippen LogP contribution in [0.25, 0.3) is 0 Å². The molecular formula is C14H31IN4O2S. The standard InChI is InChI=1S/C14H30N4O2S.HI/c1-11(2)18(12(3)4)8-7-16-14(15-5)17-13-6-9-21(19,20)10-13;/h11-13H,6-10H2,1-5H3,(H2,15,16,17);1H. The summed E-state index contributed by atoms with van der Waals surface area (Å²) in [5.74, 6) is 1.16. The number of guanidine groups is 1. The van der Waals surface area contributed by atoms with Crippen LogP contribution in [0.5, 0.6) is 0 Å². The lowest BCUT2D eigenvalue weighted by Gasteiger charge is -2.30. The molecule has 1 aliphatic rings. The van der Waals surface area contributed by atoms with Crippen molar-refractivity contribution in [1.82, 2.24) is 15.5 Å². The maximum atomic E-state index is 11.5. The van der Waals surface area contributed by atoms with E-state index in [9.17, 15) is 8.42 Å². The zero-order chi connectivity index (χ0) is 16.0. The van der Waals surface area contributed by atoms with Crippen molar-refractivity contribution in [3.8, 4) is 0 Å². The Balaban J connectivity index is 0.00000441. The lowest BCUT2D eigenvalue weighted by atomic mass is 10.2. The molecule has 1 saturated heterocycles. The van der Waals surface area contributed by atoms with Crippen LogP contribution in [-0.2, 0) is 9.84 Å². The summed E-state index contributed by atoms with van der Waals surface area (Å²) >= 11 is 0. The Morgan fingerprint density at radius 2 is 1.86 bits per heavy atom. The highest BCUT2D eigenvalue weighted by Crippen LogP contribution is 2.10. The van der Waals surface area contributed by atoms with Gasteiger partial charge in [-0.3, -0.25) is 9.89 Å². The van der Waals surface area contributed by atoms with E-state index in [1.54, 1.807) is 7.05 Å². The normalized spacial score (nSPS) is 21.3. The third-order valence-electron chi connectivity index (χ3n) is 3.79. The number of sulfone groups is 1. The summed E-state index contributed by atoms with van der Waals surface area (Å²) in [6, 6.07) is 0.982. The number of aliphatic imine (C=N–C) groups is 1. The topological polar surface area (TPSA) is 73.8 Å². The molecule has 0 aromatic carbocycles. The maximum Gasteiger partial charge on any atom is 0.191 e. The summed E-state index contributed by atoms with van der Waals surface area (Å²) in [6.45, 7) is 10.5. The van der Waals surface area contributed by atoms with Gasteiger partial charge in [0, 0.05) is 38.3 Å².